The van der Waals surface area contributed by atoms with E-state index in [0.717, 1.165) is 5.57 Å². The zero-order valence-electron chi connectivity index (χ0n) is 12.6. The Kier molecular flexibility index (Phi) is 6.30. The van der Waals surface area contributed by atoms with E-state index in [2.05, 4.69) is 5.32 Å². The molecule has 22 heavy (non-hydrogen) atoms. The summed E-state index contributed by atoms with van der Waals surface area (Å²) in [6.45, 7) is 3.71. The van der Waals surface area contributed by atoms with E-state index in [1.807, 2.05) is 13.0 Å². The molecular weight excluding hydrogens is 290 g/mol. The third-order valence-electron chi connectivity index (χ3n) is 3.97. The minimum absolute atomic E-state index is 0.185. The molecule has 1 fully saturated rings. The van der Waals surface area contributed by atoms with Gasteiger partial charge >= 0.3 is 17.9 Å². The van der Waals surface area contributed by atoms with Crippen LogP contribution in [0.5, 0.6) is 0 Å². The van der Waals surface area contributed by atoms with Crippen LogP contribution < -0.4 is 5.32 Å². The summed E-state index contributed by atoms with van der Waals surface area (Å²) in [4.78, 5) is 32.8. The van der Waals surface area contributed by atoms with E-state index in [9.17, 15) is 14.4 Å². The molecule has 0 aliphatic carbocycles. The van der Waals surface area contributed by atoms with Crippen LogP contribution in [-0.2, 0) is 14.4 Å². The van der Waals surface area contributed by atoms with Gasteiger partial charge in [0, 0.05) is 18.0 Å². The van der Waals surface area contributed by atoms with Gasteiger partial charge in [-0.05, 0) is 26.2 Å². The standard InChI is InChI=1S/C15H21NO6/c1-8(4-3-5-9(2)14(19)20)11-7-16-13(15(21)22)10(11)6-12(17)18/h4-5,10-11,13,16H,3,6-7H2,1-2H3,(H,17,18)(H,19,20)(H,21,22)/b8-4-,9-5+/t10-,11+,13-/m0/s1. The van der Waals surface area contributed by atoms with E-state index in [0.29, 0.717) is 13.0 Å². The van der Waals surface area contributed by atoms with Crippen LogP contribution in [0.1, 0.15) is 26.7 Å². The average molecular weight is 311 g/mol. The van der Waals surface area contributed by atoms with Gasteiger partial charge in [0.25, 0.3) is 0 Å². The third kappa shape index (κ3) is 4.70. The zero-order chi connectivity index (χ0) is 16.9. The highest BCUT2D eigenvalue weighted by molar-refractivity contribution is 5.85. The molecule has 122 valence electrons. The van der Waals surface area contributed by atoms with Crippen molar-refractivity contribution in [2.24, 2.45) is 11.8 Å². The molecule has 0 bridgehead atoms. The van der Waals surface area contributed by atoms with Crippen molar-refractivity contribution in [3.8, 4) is 0 Å². The number of rotatable bonds is 7. The first kappa shape index (κ1) is 17.9. The molecule has 1 aliphatic heterocycles. The minimum atomic E-state index is -1.05. The maximum atomic E-state index is 11.2. The predicted octanol–water partition coefficient (Wildman–Crippen LogP) is 1.12. The fourth-order valence-corrected chi connectivity index (χ4v) is 2.68. The monoisotopic (exact) mass is 311 g/mol. The normalized spacial score (nSPS) is 26.0. The van der Waals surface area contributed by atoms with E-state index in [-0.39, 0.29) is 17.9 Å². The number of carboxylic acids is 3. The van der Waals surface area contributed by atoms with Gasteiger partial charge in [-0.15, -0.1) is 0 Å². The Bertz CT molecular complexity index is 522. The van der Waals surface area contributed by atoms with E-state index in [1.165, 1.54) is 6.92 Å². The van der Waals surface area contributed by atoms with Gasteiger partial charge in [-0.3, -0.25) is 9.59 Å². The van der Waals surface area contributed by atoms with Gasteiger partial charge in [-0.2, -0.15) is 0 Å². The maximum absolute atomic E-state index is 11.2. The molecule has 0 aromatic carbocycles. The van der Waals surface area contributed by atoms with Gasteiger partial charge in [0.2, 0.25) is 0 Å². The van der Waals surface area contributed by atoms with Crippen LogP contribution in [0.2, 0.25) is 0 Å². The summed E-state index contributed by atoms with van der Waals surface area (Å²) in [5.41, 5.74) is 1.11. The lowest BCUT2D eigenvalue weighted by molar-refractivity contribution is -0.142. The topological polar surface area (TPSA) is 124 Å². The lowest BCUT2D eigenvalue weighted by atomic mass is 9.83. The number of nitrogens with one attached hydrogen (secondary N) is 1. The van der Waals surface area contributed by atoms with Crippen molar-refractivity contribution in [2.75, 3.05) is 6.54 Å². The zero-order valence-corrected chi connectivity index (χ0v) is 12.6. The molecule has 0 radical (unpaired) electrons. The number of hydrogen-bond acceptors (Lipinski definition) is 4. The smallest absolute Gasteiger partial charge is 0.330 e. The lowest BCUT2D eigenvalue weighted by Gasteiger charge is -2.20. The number of hydrogen-bond donors (Lipinski definition) is 4. The summed E-state index contributed by atoms with van der Waals surface area (Å²) >= 11 is 0. The fraction of sp³-hybridized carbons (Fsp3) is 0.533. The first-order valence-corrected chi connectivity index (χ1v) is 6.98. The Morgan fingerprint density at radius 1 is 1.14 bits per heavy atom. The van der Waals surface area contributed by atoms with Crippen LogP contribution in [0, 0.1) is 11.8 Å². The summed E-state index contributed by atoms with van der Waals surface area (Å²) < 4.78 is 0. The van der Waals surface area contributed by atoms with Gasteiger partial charge < -0.3 is 20.6 Å². The van der Waals surface area contributed by atoms with Gasteiger partial charge in [-0.25, -0.2) is 4.79 Å². The largest absolute Gasteiger partial charge is 0.481 e. The van der Waals surface area contributed by atoms with Crippen molar-refractivity contribution in [1.29, 1.82) is 0 Å². The molecule has 3 atom stereocenters. The minimum Gasteiger partial charge on any atom is -0.481 e. The van der Waals surface area contributed by atoms with Crippen LogP contribution >= 0.6 is 0 Å². The molecule has 1 saturated heterocycles. The van der Waals surface area contributed by atoms with Crippen molar-refractivity contribution in [3.63, 3.8) is 0 Å². The molecule has 0 amide bonds. The summed E-state index contributed by atoms with van der Waals surface area (Å²) in [7, 11) is 0. The van der Waals surface area contributed by atoms with Crippen molar-refractivity contribution in [3.05, 3.63) is 23.3 Å². The molecule has 0 saturated carbocycles. The number of carboxylic acid groups (broad SMARTS) is 3. The summed E-state index contributed by atoms with van der Waals surface area (Å²) in [6, 6.07) is -0.874. The van der Waals surface area contributed by atoms with Crippen LogP contribution in [-0.4, -0.2) is 45.8 Å². The molecule has 1 rings (SSSR count). The third-order valence-corrected chi connectivity index (χ3v) is 3.97. The van der Waals surface area contributed by atoms with E-state index in [4.69, 9.17) is 15.3 Å². The second-order valence-corrected chi connectivity index (χ2v) is 5.47. The average Bonchev–Trinajstić information content (AvgIpc) is 2.81. The number of aliphatic carboxylic acids is 3. The highest BCUT2D eigenvalue weighted by atomic mass is 16.4. The first-order valence-electron chi connectivity index (χ1n) is 6.98. The molecule has 7 nitrogen and oxygen atoms in total. The van der Waals surface area contributed by atoms with Gasteiger partial charge in [-0.1, -0.05) is 17.7 Å². The van der Waals surface area contributed by atoms with E-state index < -0.39 is 29.9 Å². The summed E-state index contributed by atoms with van der Waals surface area (Å²) in [5, 5.41) is 29.7. The Morgan fingerprint density at radius 3 is 2.27 bits per heavy atom. The second-order valence-electron chi connectivity index (χ2n) is 5.47. The molecule has 1 heterocycles. The first-order chi connectivity index (χ1) is 10.2. The number of allylic oxidation sites excluding steroid dienone is 2. The molecular formula is C15H21NO6. The highest BCUT2D eigenvalue weighted by Gasteiger charge is 2.41. The Morgan fingerprint density at radius 2 is 1.77 bits per heavy atom. The Balaban J connectivity index is 2.83. The SMILES string of the molecule is C/C(=C/C/C=C(\C)C(=O)O)[C@H]1CN[C@H](C(=O)O)[C@H]1CC(=O)O. The van der Waals surface area contributed by atoms with E-state index in [1.54, 1.807) is 6.08 Å². The molecule has 7 heteroatoms. The molecule has 4 N–H and O–H groups in total. The quantitative estimate of drug-likeness (QED) is 0.410. The predicted molar refractivity (Wildman–Crippen MR) is 78.4 cm³/mol. The molecule has 0 aromatic heterocycles. The summed E-state index contributed by atoms with van der Waals surface area (Å²) in [6.07, 6.45) is 3.58. The highest BCUT2D eigenvalue weighted by Crippen LogP contribution is 2.31. The second kappa shape index (κ2) is 7.74. The van der Waals surface area contributed by atoms with Crippen molar-refractivity contribution >= 4 is 17.9 Å². The molecule has 0 aromatic rings. The molecule has 0 spiro atoms. The van der Waals surface area contributed by atoms with Gasteiger partial charge in [0.15, 0.2) is 0 Å². The lowest BCUT2D eigenvalue weighted by Crippen LogP contribution is -2.36. The van der Waals surface area contributed by atoms with Gasteiger partial charge in [0.1, 0.15) is 6.04 Å². The Hall–Kier alpha value is -2.15. The van der Waals surface area contributed by atoms with Crippen molar-refractivity contribution < 1.29 is 29.7 Å². The van der Waals surface area contributed by atoms with Crippen LogP contribution in [0.15, 0.2) is 23.3 Å². The summed E-state index contributed by atoms with van der Waals surface area (Å²) in [5.74, 6) is -3.77. The van der Waals surface area contributed by atoms with Crippen LogP contribution in [0.25, 0.3) is 0 Å². The number of carbonyl (C=O) groups is 3. The maximum Gasteiger partial charge on any atom is 0.330 e. The van der Waals surface area contributed by atoms with E-state index >= 15 is 0 Å². The van der Waals surface area contributed by atoms with Crippen molar-refractivity contribution in [2.45, 2.75) is 32.7 Å². The van der Waals surface area contributed by atoms with Crippen LogP contribution in [0.4, 0.5) is 0 Å². The molecule has 1 aliphatic rings. The molecule has 0 unspecified atom stereocenters. The fourth-order valence-electron chi connectivity index (χ4n) is 2.68. The van der Waals surface area contributed by atoms with Crippen LogP contribution in [0.3, 0.4) is 0 Å². The Labute approximate surface area is 128 Å². The van der Waals surface area contributed by atoms with Gasteiger partial charge in [0.05, 0.1) is 6.42 Å². The van der Waals surface area contributed by atoms with Crippen molar-refractivity contribution in [1.82, 2.24) is 5.32 Å².